The van der Waals surface area contributed by atoms with Crippen molar-refractivity contribution in [2.45, 2.75) is 0 Å². The predicted molar refractivity (Wildman–Crippen MR) is 112 cm³/mol. The van der Waals surface area contributed by atoms with Crippen molar-refractivity contribution in [2.24, 2.45) is 0 Å². The van der Waals surface area contributed by atoms with E-state index < -0.39 is 23.1 Å². The second kappa shape index (κ2) is 8.54. The van der Waals surface area contributed by atoms with Gasteiger partial charge in [-0.2, -0.15) is 0 Å². The Labute approximate surface area is 177 Å². The molecule has 138 valence electrons. The van der Waals surface area contributed by atoms with Crippen LogP contribution < -0.4 is 0 Å². The average Bonchev–Trinajstić information content (AvgIpc) is 2.73. The maximum absolute atomic E-state index is 12.5. The summed E-state index contributed by atoms with van der Waals surface area (Å²) in [6.07, 6.45) is 0. The minimum Gasteiger partial charge on any atom is -0.285 e. The molecular weight excluding hydrogens is 488 g/mol. The Morgan fingerprint density at radius 1 is 0.464 bits per heavy atom. The molecule has 0 aliphatic carbocycles. The van der Waals surface area contributed by atoms with Crippen molar-refractivity contribution in [3.8, 4) is 0 Å². The van der Waals surface area contributed by atoms with Crippen molar-refractivity contribution in [2.75, 3.05) is 0 Å². The Hall–Kier alpha value is -2.70. The van der Waals surface area contributed by atoms with E-state index in [1.807, 2.05) is 0 Å². The van der Waals surface area contributed by atoms with Crippen LogP contribution in [0.3, 0.4) is 0 Å². The predicted octanol–water partition coefficient (Wildman–Crippen LogP) is 5.34. The third-order valence-corrected chi connectivity index (χ3v) is 5.07. The van der Waals surface area contributed by atoms with Gasteiger partial charge in [0, 0.05) is 31.2 Å². The van der Waals surface area contributed by atoms with E-state index in [0.29, 0.717) is 0 Å². The molecule has 0 unspecified atom stereocenters. The van der Waals surface area contributed by atoms with Gasteiger partial charge < -0.3 is 0 Å². The summed E-state index contributed by atoms with van der Waals surface area (Å²) in [5.41, 5.74) is 0.608. The van der Waals surface area contributed by atoms with Crippen molar-refractivity contribution >= 4 is 55.0 Å². The number of ketones is 4. The van der Waals surface area contributed by atoms with Crippen molar-refractivity contribution in [1.82, 2.24) is 0 Å². The van der Waals surface area contributed by atoms with Crippen molar-refractivity contribution < 1.29 is 19.2 Å². The van der Waals surface area contributed by atoms with Crippen molar-refractivity contribution in [1.29, 1.82) is 0 Å². The van der Waals surface area contributed by atoms with Crippen LogP contribution in [0.5, 0.6) is 0 Å². The van der Waals surface area contributed by atoms with E-state index in [0.717, 1.165) is 8.95 Å². The number of hydrogen-bond donors (Lipinski definition) is 0. The molecule has 0 saturated heterocycles. The maximum Gasteiger partial charge on any atom is 0.233 e. The van der Waals surface area contributed by atoms with Crippen LogP contribution in [0.25, 0.3) is 0 Å². The van der Waals surface area contributed by atoms with E-state index in [9.17, 15) is 19.2 Å². The average molecular weight is 500 g/mol. The summed E-state index contributed by atoms with van der Waals surface area (Å²) >= 11 is 6.54. The molecule has 6 heteroatoms. The maximum atomic E-state index is 12.5. The number of carbonyl (C=O) groups excluding carboxylic acids is 4. The van der Waals surface area contributed by atoms with Crippen LogP contribution in [0.1, 0.15) is 41.4 Å². The molecule has 0 aliphatic rings. The van der Waals surface area contributed by atoms with E-state index in [2.05, 4.69) is 31.9 Å². The fraction of sp³-hybridized carbons (Fsp3) is 0. The van der Waals surface area contributed by atoms with Gasteiger partial charge in [0.15, 0.2) is 0 Å². The summed E-state index contributed by atoms with van der Waals surface area (Å²) in [6.45, 7) is 0. The highest BCUT2D eigenvalue weighted by atomic mass is 79.9. The molecular formula is C22H12Br2O4. The molecule has 0 heterocycles. The molecule has 0 spiro atoms. The lowest BCUT2D eigenvalue weighted by molar-refractivity contribution is 0.0812. The van der Waals surface area contributed by atoms with Crippen molar-refractivity contribution in [3.05, 3.63) is 104 Å². The van der Waals surface area contributed by atoms with Crippen LogP contribution in [0.15, 0.2) is 81.7 Å². The Morgan fingerprint density at radius 2 is 0.786 bits per heavy atom. The lowest BCUT2D eigenvalue weighted by atomic mass is 9.96. The van der Waals surface area contributed by atoms with E-state index in [-0.39, 0.29) is 22.3 Å². The summed E-state index contributed by atoms with van der Waals surface area (Å²) in [5, 5.41) is 0. The zero-order chi connectivity index (χ0) is 20.3. The molecule has 0 saturated carbocycles. The molecule has 28 heavy (non-hydrogen) atoms. The first-order valence-electron chi connectivity index (χ1n) is 8.16. The first kappa shape index (κ1) is 20.0. The topological polar surface area (TPSA) is 68.3 Å². The molecule has 0 bridgehead atoms. The first-order chi connectivity index (χ1) is 13.4. The SMILES string of the molecule is O=C(C(=O)c1cccc(C(=O)C(=O)c2ccc(Br)cc2)c1)c1ccc(Br)cc1. The number of hydrogen-bond acceptors (Lipinski definition) is 4. The lowest BCUT2D eigenvalue weighted by Crippen LogP contribution is -2.17. The largest absolute Gasteiger partial charge is 0.285 e. The number of halogens is 2. The van der Waals surface area contributed by atoms with Crippen LogP contribution in [0.4, 0.5) is 0 Å². The highest BCUT2D eigenvalue weighted by Crippen LogP contribution is 2.16. The van der Waals surface area contributed by atoms with Gasteiger partial charge in [0.1, 0.15) is 0 Å². The van der Waals surface area contributed by atoms with Gasteiger partial charge in [0.2, 0.25) is 23.1 Å². The molecule has 0 fully saturated rings. The highest BCUT2D eigenvalue weighted by Gasteiger charge is 2.22. The molecule has 4 nitrogen and oxygen atoms in total. The van der Waals surface area contributed by atoms with Gasteiger partial charge >= 0.3 is 0 Å². The Balaban J connectivity index is 1.85. The standard InChI is InChI=1S/C22H12Br2O4/c23-17-8-4-13(5-9-17)19(25)21(27)15-2-1-3-16(12-15)22(28)20(26)14-6-10-18(24)11-7-14/h1-12H. The fourth-order valence-electron chi connectivity index (χ4n) is 2.53. The summed E-state index contributed by atoms with van der Waals surface area (Å²) in [7, 11) is 0. The smallest absolute Gasteiger partial charge is 0.233 e. The van der Waals surface area contributed by atoms with Gasteiger partial charge in [0.05, 0.1) is 0 Å². The zero-order valence-corrected chi connectivity index (χ0v) is 17.5. The molecule has 0 atom stereocenters. The summed E-state index contributed by atoms with van der Waals surface area (Å²) in [6, 6.07) is 18.4. The minimum absolute atomic E-state index is 0.0578. The third-order valence-electron chi connectivity index (χ3n) is 4.01. The van der Waals surface area contributed by atoms with Gasteiger partial charge in [-0.25, -0.2) is 0 Å². The van der Waals surface area contributed by atoms with E-state index >= 15 is 0 Å². The number of rotatable bonds is 6. The van der Waals surface area contributed by atoms with Gasteiger partial charge in [0.25, 0.3) is 0 Å². The number of carbonyl (C=O) groups is 4. The molecule has 3 rings (SSSR count). The van der Waals surface area contributed by atoms with E-state index in [4.69, 9.17) is 0 Å². The molecule has 0 radical (unpaired) electrons. The van der Waals surface area contributed by atoms with E-state index in [1.54, 1.807) is 24.3 Å². The van der Waals surface area contributed by atoms with Crippen LogP contribution in [-0.2, 0) is 0 Å². The van der Waals surface area contributed by atoms with Crippen LogP contribution in [0, 0.1) is 0 Å². The molecule has 0 aromatic heterocycles. The van der Waals surface area contributed by atoms with Crippen LogP contribution >= 0.6 is 31.9 Å². The molecule has 0 aliphatic heterocycles. The minimum atomic E-state index is -0.743. The van der Waals surface area contributed by atoms with Gasteiger partial charge in [-0.3, -0.25) is 19.2 Å². The Kier molecular flexibility index (Phi) is 6.11. The normalized spacial score (nSPS) is 10.4. The summed E-state index contributed by atoms with van der Waals surface area (Å²) in [5.74, 6) is -2.85. The zero-order valence-electron chi connectivity index (χ0n) is 14.3. The Bertz CT molecular complexity index is 1000. The summed E-state index contributed by atoms with van der Waals surface area (Å²) < 4.78 is 1.58. The van der Waals surface area contributed by atoms with Crippen LogP contribution in [0.2, 0.25) is 0 Å². The van der Waals surface area contributed by atoms with Gasteiger partial charge in [-0.05, 0) is 54.6 Å². The van der Waals surface area contributed by atoms with Gasteiger partial charge in [-0.15, -0.1) is 0 Å². The quantitative estimate of drug-likeness (QED) is 0.339. The molecule has 3 aromatic rings. The Morgan fingerprint density at radius 3 is 1.14 bits per heavy atom. The van der Waals surface area contributed by atoms with Crippen LogP contribution in [-0.4, -0.2) is 23.1 Å². The monoisotopic (exact) mass is 498 g/mol. The van der Waals surface area contributed by atoms with E-state index in [1.165, 1.54) is 48.5 Å². The number of benzene rings is 3. The fourth-order valence-corrected chi connectivity index (χ4v) is 3.06. The second-order valence-electron chi connectivity index (χ2n) is 5.91. The number of Topliss-reactive ketones (excluding diaryl/α,β-unsaturated/α-hetero) is 4. The first-order valence-corrected chi connectivity index (χ1v) is 9.74. The molecule has 3 aromatic carbocycles. The molecule has 0 N–H and O–H groups in total. The van der Waals surface area contributed by atoms with Crippen molar-refractivity contribution in [3.63, 3.8) is 0 Å². The summed E-state index contributed by atoms with van der Waals surface area (Å²) in [4.78, 5) is 49.8. The van der Waals surface area contributed by atoms with Gasteiger partial charge in [-0.1, -0.05) is 50.1 Å². The third kappa shape index (κ3) is 4.40. The lowest BCUT2D eigenvalue weighted by Gasteiger charge is -2.05. The highest BCUT2D eigenvalue weighted by molar-refractivity contribution is 9.10. The molecule has 0 amide bonds. The second-order valence-corrected chi connectivity index (χ2v) is 7.74.